The second-order valence-corrected chi connectivity index (χ2v) is 10.1. The maximum absolute atomic E-state index is 14.4. The molecule has 1 aliphatic carbocycles. The van der Waals surface area contributed by atoms with Crippen LogP contribution in [-0.4, -0.2) is 31.2 Å². The lowest BCUT2D eigenvalue weighted by atomic mass is 9.88. The second-order valence-electron chi connectivity index (χ2n) is 8.74. The molecular weight excluding hydrogens is 485 g/mol. The van der Waals surface area contributed by atoms with Crippen molar-refractivity contribution in [3.63, 3.8) is 0 Å². The quantitative estimate of drug-likeness (QED) is 0.352. The van der Waals surface area contributed by atoms with Crippen molar-refractivity contribution in [2.24, 2.45) is 0 Å². The number of carbonyl (C=O) groups is 1. The van der Waals surface area contributed by atoms with Gasteiger partial charge in [-0.15, -0.1) is 5.10 Å². The van der Waals surface area contributed by atoms with Crippen LogP contribution in [0.2, 0.25) is 5.02 Å². The molecule has 2 heterocycles. The van der Waals surface area contributed by atoms with E-state index in [-0.39, 0.29) is 23.5 Å². The van der Waals surface area contributed by atoms with Crippen LogP contribution in [-0.2, 0) is 17.6 Å². The van der Waals surface area contributed by atoms with Gasteiger partial charge in [-0.2, -0.15) is 4.98 Å². The summed E-state index contributed by atoms with van der Waals surface area (Å²) in [6.45, 7) is 3.77. The minimum Gasteiger partial charge on any atom is -0.349 e. The minimum absolute atomic E-state index is 0.0430. The molecule has 0 bridgehead atoms. The van der Waals surface area contributed by atoms with E-state index in [1.54, 1.807) is 16.6 Å². The van der Waals surface area contributed by atoms with Crippen LogP contribution in [0.4, 0.5) is 4.39 Å². The average molecular weight is 510 g/mol. The van der Waals surface area contributed by atoms with E-state index >= 15 is 0 Å². The Balaban J connectivity index is 1.30. The maximum atomic E-state index is 14.4. The number of fused-ring (bicyclic) bond motifs is 2. The molecule has 2 aromatic carbocycles. The summed E-state index contributed by atoms with van der Waals surface area (Å²) in [6.07, 6.45) is 3.37. The molecule has 0 spiro atoms. The number of benzene rings is 2. The van der Waals surface area contributed by atoms with Crippen LogP contribution in [0, 0.1) is 19.7 Å². The number of aryl methyl sites for hydroxylation is 3. The SMILES string of the molecule is Cc1nc2nc(SCC(=O)N[C@@H]3CCCc4ccccc43)nn2c(C)c1Cc1c(F)cccc1Cl. The van der Waals surface area contributed by atoms with Gasteiger partial charge in [0.15, 0.2) is 0 Å². The lowest BCUT2D eigenvalue weighted by molar-refractivity contribution is -0.119. The Morgan fingerprint density at radius 3 is 2.83 bits per heavy atom. The number of hydrogen-bond donors (Lipinski definition) is 1. The lowest BCUT2D eigenvalue weighted by Crippen LogP contribution is -2.32. The topological polar surface area (TPSA) is 72.2 Å². The molecule has 0 fully saturated rings. The van der Waals surface area contributed by atoms with Crippen LogP contribution >= 0.6 is 23.4 Å². The molecule has 0 saturated heterocycles. The molecule has 6 nitrogen and oxygen atoms in total. The van der Waals surface area contributed by atoms with Gasteiger partial charge in [0.05, 0.1) is 11.8 Å². The van der Waals surface area contributed by atoms with Gasteiger partial charge < -0.3 is 5.32 Å². The lowest BCUT2D eigenvalue weighted by Gasteiger charge is -2.26. The first-order chi connectivity index (χ1) is 16.9. The number of hydrogen-bond acceptors (Lipinski definition) is 5. The summed E-state index contributed by atoms with van der Waals surface area (Å²) in [7, 11) is 0. The van der Waals surface area contributed by atoms with Crippen molar-refractivity contribution in [1.82, 2.24) is 24.9 Å². The Labute approximate surface area is 212 Å². The van der Waals surface area contributed by atoms with Crippen molar-refractivity contribution >= 4 is 35.0 Å². The van der Waals surface area contributed by atoms with Crippen molar-refractivity contribution in [1.29, 1.82) is 0 Å². The minimum atomic E-state index is -0.349. The Hall–Kier alpha value is -2.97. The molecule has 0 aliphatic heterocycles. The van der Waals surface area contributed by atoms with E-state index in [9.17, 15) is 9.18 Å². The molecule has 1 atom stereocenters. The van der Waals surface area contributed by atoms with Gasteiger partial charge in [0.1, 0.15) is 5.82 Å². The number of halogens is 2. The maximum Gasteiger partial charge on any atom is 0.253 e. The summed E-state index contributed by atoms with van der Waals surface area (Å²) in [5.41, 5.74) is 5.35. The van der Waals surface area contributed by atoms with Gasteiger partial charge in [-0.05, 0) is 61.9 Å². The number of carbonyl (C=O) groups excluding carboxylic acids is 1. The van der Waals surface area contributed by atoms with Crippen LogP contribution < -0.4 is 5.32 Å². The zero-order valence-corrected chi connectivity index (χ0v) is 21.1. The van der Waals surface area contributed by atoms with Gasteiger partial charge >= 0.3 is 0 Å². The largest absolute Gasteiger partial charge is 0.349 e. The predicted molar refractivity (Wildman–Crippen MR) is 135 cm³/mol. The summed E-state index contributed by atoms with van der Waals surface area (Å²) in [6, 6.07) is 13.0. The monoisotopic (exact) mass is 509 g/mol. The Bertz CT molecular complexity index is 1400. The van der Waals surface area contributed by atoms with E-state index in [0.29, 0.717) is 27.9 Å². The molecule has 1 aliphatic rings. The zero-order chi connectivity index (χ0) is 24.5. The van der Waals surface area contributed by atoms with Gasteiger partial charge in [-0.25, -0.2) is 13.9 Å². The van der Waals surface area contributed by atoms with E-state index < -0.39 is 0 Å². The van der Waals surface area contributed by atoms with Crippen molar-refractivity contribution in [3.05, 3.63) is 86.9 Å². The molecule has 0 unspecified atom stereocenters. The zero-order valence-electron chi connectivity index (χ0n) is 19.5. The van der Waals surface area contributed by atoms with Gasteiger partial charge in [-0.3, -0.25) is 4.79 Å². The third kappa shape index (κ3) is 4.90. The Morgan fingerprint density at radius 2 is 2.00 bits per heavy atom. The van der Waals surface area contributed by atoms with Crippen LogP contribution in [0.25, 0.3) is 5.78 Å². The van der Waals surface area contributed by atoms with Crippen molar-refractivity contribution in [2.45, 2.75) is 50.7 Å². The van der Waals surface area contributed by atoms with Crippen molar-refractivity contribution in [2.75, 3.05) is 5.75 Å². The molecule has 35 heavy (non-hydrogen) atoms. The van der Waals surface area contributed by atoms with Gasteiger partial charge in [-0.1, -0.05) is 53.7 Å². The first kappa shape index (κ1) is 23.8. The van der Waals surface area contributed by atoms with Crippen molar-refractivity contribution < 1.29 is 9.18 Å². The van der Waals surface area contributed by atoms with Crippen molar-refractivity contribution in [3.8, 4) is 0 Å². The van der Waals surface area contributed by atoms with E-state index in [4.69, 9.17) is 11.6 Å². The smallest absolute Gasteiger partial charge is 0.253 e. The molecule has 0 saturated carbocycles. The molecule has 1 N–H and O–H groups in total. The predicted octanol–water partition coefficient (Wildman–Crippen LogP) is 5.41. The highest BCUT2D eigenvalue weighted by molar-refractivity contribution is 7.99. The second kappa shape index (κ2) is 9.95. The number of aromatic nitrogens is 4. The number of nitrogens with zero attached hydrogens (tertiary/aromatic N) is 4. The van der Waals surface area contributed by atoms with Crippen LogP contribution in [0.5, 0.6) is 0 Å². The fourth-order valence-corrected chi connectivity index (χ4v) is 5.51. The van der Waals surface area contributed by atoms with Gasteiger partial charge in [0.25, 0.3) is 5.78 Å². The molecule has 9 heteroatoms. The first-order valence-corrected chi connectivity index (χ1v) is 12.9. The van der Waals surface area contributed by atoms with Gasteiger partial charge in [0.2, 0.25) is 11.1 Å². The van der Waals surface area contributed by atoms with Crippen LogP contribution in [0.15, 0.2) is 47.6 Å². The average Bonchev–Trinajstić information content (AvgIpc) is 3.25. The fourth-order valence-electron chi connectivity index (χ4n) is 4.65. The van der Waals surface area contributed by atoms with Gasteiger partial charge in [0, 0.05) is 28.4 Å². The molecule has 180 valence electrons. The molecule has 0 radical (unpaired) electrons. The fraction of sp³-hybridized carbons (Fsp3) is 0.308. The normalized spacial score (nSPS) is 15.3. The van der Waals surface area contributed by atoms with E-state index in [2.05, 4.69) is 32.5 Å². The summed E-state index contributed by atoms with van der Waals surface area (Å²) in [4.78, 5) is 21.8. The molecule has 4 aromatic rings. The molecule has 1 amide bonds. The van der Waals surface area contributed by atoms with E-state index in [1.165, 1.54) is 29.0 Å². The third-order valence-electron chi connectivity index (χ3n) is 6.48. The molecule has 5 rings (SSSR count). The Morgan fingerprint density at radius 1 is 1.17 bits per heavy atom. The number of rotatable bonds is 6. The number of nitrogens with one attached hydrogen (secondary N) is 1. The first-order valence-electron chi connectivity index (χ1n) is 11.6. The Kier molecular flexibility index (Phi) is 6.75. The molecule has 2 aromatic heterocycles. The number of amides is 1. The van der Waals surface area contributed by atoms with E-state index in [0.717, 1.165) is 36.2 Å². The van der Waals surface area contributed by atoms with E-state index in [1.807, 2.05) is 26.0 Å². The summed E-state index contributed by atoms with van der Waals surface area (Å²) in [5, 5.41) is 8.57. The summed E-state index contributed by atoms with van der Waals surface area (Å²) in [5.74, 6) is 0.266. The third-order valence-corrected chi connectivity index (χ3v) is 7.67. The highest BCUT2D eigenvalue weighted by atomic mass is 35.5. The highest BCUT2D eigenvalue weighted by Crippen LogP contribution is 2.30. The van der Waals surface area contributed by atoms with Crippen LogP contribution in [0.3, 0.4) is 0 Å². The molecular formula is C26H25ClFN5OS. The highest BCUT2D eigenvalue weighted by Gasteiger charge is 2.22. The number of thioether (sulfide) groups is 1. The van der Waals surface area contributed by atoms with Crippen LogP contribution in [0.1, 0.15) is 52.5 Å². The summed E-state index contributed by atoms with van der Waals surface area (Å²) >= 11 is 7.52. The summed E-state index contributed by atoms with van der Waals surface area (Å²) < 4.78 is 16.0. The standard InChI is InChI=1S/C26H25ClFN5OS/c1-15-19(13-20-21(27)10-6-11-22(20)28)16(2)33-25(29-15)31-26(32-33)35-14-24(34)30-23-12-5-8-17-7-3-4-9-18(17)23/h3-4,6-7,9-11,23H,5,8,12-14H2,1-2H3,(H,30,34)/t23-/m1/s1.